The fourth-order valence-corrected chi connectivity index (χ4v) is 3.39. The van der Waals surface area contributed by atoms with Gasteiger partial charge in [0.25, 0.3) is 11.8 Å². The predicted octanol–water partition coefficient (Wildman–Crippen LogP) is 2.47. The van der Waals surface area contributed by atoms with Gasteiger partial charge in [-0.3, -0.25) is 24.2 Å². The van der Waals surface area contributed by atoms with Crippen molar-refractivity contribution in [2.75, 3.05) is 19.4 Å². The topological polar surface area (TPSA) is 135 Å². The van der Waals surface area contributed by atoms with Crippen molar-refractivity contribution in [1.29, 1.82) is 0 Å². The van der Waals surface area contributed by atoms with Gasteiger partial charge in [0, 0.05) is 25.7 Å². The molecular weight excluding hydrogens is 418 g/mol. The fourth-order valence-electron chi connectivity index (χ4n) is 3.39. The summed E-state index contributed by atoms with van der Waals surface area (Å²) in [5.74, 6) is -2.92. The Morgan fingerprint density at radius 2 is 1.78 bits per heavy atom. The highest BCUT2D eigenvalue weighted by atomic mass is 16.6. The number of ether oxygens (including phenoxy) is 1. The largest absolute Gasteiger partial charge is 0.420 e. The van der Waals surface area contributed by atoms with Crippen LogP contribution in [0.15, 0.2) is 22.6 Å². The van der Waals surface area contributed by atoms with Crippen LogP contribution in [0.2, 0.25) is 0 Å². The van der Waals surface area contributed by atoms with Crippen LogP contribution in [-0.2, 0) is 14.4 Å². The SMILES string of the molecule is CC(C)c1cc(Oc2nnc(C3CC3)o2)ccc1NC(=O)C1C(=O)N(C)C(=O)N(C)C1=O. The van der Waals surface area contributed by atoms with Crippen molar-refractivity contribution >= 4 is 29.4 Å². The molecule has 1 saturated carbocycles. The molecule has 2 heterocycles. The Hall–Kier alpha value is -3.76. The molecule has 11 nitrogen and oxygen atoms in total. The molecule has 0 atom stereocenters. The molecule has 5 amide bonds. The van der Waals surface area contributed by atoms with Crippen LogP contribution in [0.4, 0.5) is 10.5 Å². The number of anilines is 1. The molecular formula is C21H23N5O6. The van der Waals surface area contributed by atoms with E-state index in [4.69, 9.17) is 9.15 Å². The minimum atomic E-state index is -1.64. The van der Waals surface area contributed by atoms with Crippen LogP contribution in [0, 0.1) is 5.92 Å². The summed E-state index contributed by atoms with van der Waals surface area (Å²) < 4.78 is 11.2. The van der Waals surface area contributed by atoms with Crippen molar-refractivity contribution in [2.45, 2.75) is 38.5 Å². The Morgan fingerprint density at radius 1 is 1.12 bits per heavy atom. The molecule has 4 rings (SSSR count). The van der Waals surface area contributed by atoms with E-state index in [0.717, 1.165) is 22.6 Å². The maximum Gasteiger partial charge on any atom is 0.420 e. The lowest BCUT2D eigenvalue weighted by molar-refractivity contribution is -0.151. The van der Waals surface area contributed by atoms with Gasteiger partial charge in [0.05, 0.1) is 0 Å². The van der Waals surface area contributed by atoms with Gasteiger partial charge in [0.1, 0.15) is 5.75 Å². The van der Waals surface area contributed by atoms with Crippen LogP contribution in [0.25, 0.3) is 0 Å². The number of urea groups is 1. The molecule has 1 aromatic carbocycles. The molecule has 0 spiro atoms. The van der Waals surface area contributed by atoms with Crippen molar-refractivity contribution in [2.24, 2.45) is 5.92 Å². The predicted molar refractivity (Wildman–Crippen MR) is 110 cm³/mol. The second-order valence-corrected chi connectivity index (χ2v) is 8.19. The van der Waals surface area contributed by atoms with Crippen molar-refractivity contribution in [3.05, 3.63) is 29.7 Å². The van der Waals surface area contributed by atoms with Crippen molar-refractivity contribution in [3.63, 3.8) is 0 Å². The molecule has 0 radical (unpaired) electrons. The second-order valence-electron chi connectivity index (χ2n) is 8.19. The number of barbiturate groups is 1. The number of hydrogen-bond acceptors (Lipinski definition) is 8. The zero-order valence-electron chi connectivity index (χ0n) is 18.1. The number of carbonyl (C=O) groups excluding carboxylic acids is 4. The Labute approximate surface area is 183 Å². The average Bonchev–Trinajstić information content (AvgIpc) is 3.51. The summed E-state index contributed by atoms with van der Waals surface area (Å²) in [5.41, 5.74) is 1.13. The smallest absolute Gasteiger partial charge is 0.410 e. The molecule has 1 aromatic heterocycles. The summed E-state index contributed by atoms with van der Waals surface area (Å²) in [6.07, 6.45) is 2.09. The number of nitrogens with zero attached hydrogens (tertiary/aromatic N) is 4. The molecule has 1 aliphatic heterocycles. The van der Waals surface area contributed by atoms with Crippen LogP contribution in [0.3, 0.4) is 0 Å². The first-order valence-electron chi connectivity index (χ1n) is 10.2. The van der Waals surface area contributed by atoms with Crippen LogP contribution < -0.4 is 10.1 Å². The van der Waals surface area contributed by atoms with Gasteiger partial charge >= 0.3 is 12.1 Å². The van der Waals surface area contributed by atoms with E-state index in [2.05, 4.69) is 15.5 Å². The molecule has 2 fully saturated rings. The third-order valence-electron chi connectivity index (χ3n) is 5.45. The fraction of sp³-hybridized carbons (Fsp3) is 0.429. The summed E-state index contributed by atoms with van der Waals surface area (Å²) in [5, 5.41) is 10.5. The molecule has 1 saturated heterocycles. The van der Waals surface area contributed by atoms with Gasteiger partial charge in [-0.25, -0.2) is 4.79 Å². The Balaban J connectivity index is 1.53. The number of amides is 5. The van der Waals surface area contributed by atoms with Gasteiger partial charge in [-0.1, -0.05) is 18.9 Å². The summed E-state index contributed by atoms with van der Waals surface area (Å²) in [7, 11) is 2.46. The van der Waals surface area contributed by atoms with Crippen LogP contribution in [-0.4, -0.2) is 57.8 Å². The van der Waals surface area contributed by atoms with Crippen molar-refractivity contribution in [3.8, 4) is 11.8 Å². The van der Waals surface area contributed by atoms with E-state index >= 15 is 0 Å². The standard InChI is InChI=1S/C21H23N5O6/c1-10(2)13-9-12(31-20-24-23-17(32-20)11-5-6-11)7-8-14(13)22-16(27)15-18(28)25(3)21(30)26(4)19(15)29/h7-11,15H,5-6H2,1-4H3,(H,22,27). The van der Waals surface area contributed by atoms with E-state index < -0.39 is 29.7 Å². The van der Waals surface area contributed by atoms with E-state index in [1.807, 2.05) is 13.8 Å². The minimum Gasteiger partial charge on any atom is -0.410 e. The Kier molecular flexibility index (Phi) is 5.41. The normalized spacial score (nSPS) is 17.3. The first-order chi connectivity index (χ1) is 15.2. The number of rotatable bonds is 6. The zero-order valence-corrected chi connectivity index (χ0v) is 18.1. The molecule has 168 valence electrons. The maximum atomic E-state index is 12.8. The lowest BCUT2D eigenvalue weighted by Crippen LogP contribution is -2.59. The number of imide groups is 2. The number of nitrogens with one attached hydrogen (secondary N) is 1. The number of benzene rings is 1. The quantitative estimate of drug-likeness (QED) is 0.676. The van der Waals surface area contributed by atoms with E-state index in [1.54, 1.807) is 18.2 Å². The maximum absolute atomic E-state index is 12.8. The van der Waals surface area contributed by atoms with Gasteiger partial charge in [-0.15, -0.1) is 5.10 Å². The monoisotopic (exact) mass is 441 g/mol. The zero-order chi connectivity index (χ0) is 23.2. The van der Waals surface area contributed by atoms with E-state index in [9.17, 15) is 19.2 Å². The third-order valence-corrected chi connectivity index (χ3v) is 5.45. The number of hydrogen-bond donors (Lipinski definition) is 1. The molecule has 1 N–H and O–H groups in total. The lowest BCUT2D eigenvalue weighted by Gasteiger charge is -2.32. The molecule has 2 aliphatic rings. The Morgan fingerprint density at radius 3 is 2.38 bits per heavy atom. The first kappa shape index (κ1) is 21.5. The highest BCUT2D eigenvalue weighted by molar-refractivity contribution is 6.27. The first-order valence-corrected chi connectivity index (χ1v) is 10.2. The van der Waals surface area contributed by atoms with Gasteiger partial charge in [0.15, 0.2) is 5.92 Å². The third kappa shape index (κ3) is 3.93. The highest BCUT2D eigenvalue weighted by Crippen LogP contribution is 2.40. The highest BCUT2D eigenvalue weighted by Gasteiger charge is 2.46. The van der Waals surface area contributed by atoms with Crippen molar-refractivity contribution < 1.29 is 28.3 Å². The second kappa shape index (κ2) is 8.06. The van der Waals surface area contributed by atoms with Gasteiger partial charge in [-0.2, -0.15) is 0 Å². The van der Waals surface area contributed by atoms with Crippen LogP contribution in [0.1, 0.15) is 50.0 Å². The molecule has 11 heteroatoms. The Bertz CT molecular complexity index is 1080. The molecule has 1 aliphatic carbocycles. The van der Waals surface area contributed by atoms with Gasteiger partial charge < -0.3 is 14.5 Å². The van der Waals surface area contributed by atoms with Gasteiger partial charge in [-0.05, 0) is 42.5 Å². The molecule has 0 unspecified atom stereocenters. The van der Waals surface area contributed by atoms with E-state index in [0.29, 0.717) is 28.8 Å². The number of aromatic nitrogens is 2. The summed E-state index contributed by atoms with van der Waals surface area (Å²) in [4.78, 5) is 51.0. The summed E-state index contributed by atoms with van der Waals surface area (Å²) >= 11 is 0. The molecule has 32 heavy (non-hydrogen) atoms. The average molecular weight is 441 g/mol. The molecule has 2 aromatic rings. The summed E-state index contributed by atoms with van der Waals surface area (Å²) in [6, 6.07) is 4.15. The van der Waals surface area contributed by atoms with Crippen LogP contribution >= 0.6 is 0 Å². The van der Waals surface area contributed by atoms with Crippen molar-refractivity contribution in [1.82, 2.24) is 20.0 Å². The van der Waals surface area contributed by atoms with Gasteiger partial charge in [0.2, 0.25) is 11.8 Å². The lowest BCUT2D eigenvalue weighted by atomic mass is 9.99. The summed E-state index contributed by atoms with van der Waals surface area (Å²) in [6.45, 7) is 3.84. The molecule has 0 bridgehead atoms. The van der Waals surface area contributed by atoms with E-state index in [1.165, 1.54) is 14.1 Å². The van der Waals surface area contributed by atoms with E-state index in [-0.39, 0.29) is 12.0 Å². The van der Waals surface area contributed by atoms with Crippen LogP contribution in [0.5, 0.6) is 11.8 Å². The number of carbonyl (C=O) groups is 4. The minimum absolute atomic E-state index is 0.0248.